The maximum Gasteiger partial charge on any atom is 0.135 e. The van der Waals surface area contributed by atoms with Crippen LogP contribution in [0.4, 0.5) is 0 Å². The highest BCUT2D eigenvalue weighted by Crippen LogP contribution is 2.33. The molecule has 1 saturated carbocycles. The van der Waals surface area contributed by atoms with Gasteiger partial charge in [0.1, 0.15) is 17.7 Å². The van der Waals surface area contributed by atoms with Gasteiger partial charge < -0.3 is 15.0 Å². The molecule has 4 heteroatoms. The van der Waals surface area contributed by atoms with Crippen LogP contribution in [0.25, 0.3) is 0 Å². The number of hydrogen-bond acceptors (Lipinski definition) is 4. The summed E-state index contributed by atoms with van der Waals surface area (Å²) in [6.07, 6.45) is 3.80. The summed E-state index contributed by atoms with van der Waals surface area (Å²) >= 11 is 0. The molecule has 0 radical (unpaired) electrons. The van der Waals surface area contributed by atoms with Gasteiger partial charge in [0.15, 0.2) is 0 Å². The molecule has 2 heterocycles. The fourth-order valence-electron chi connectivity index (χ4n) is 3.46. The predicted octanol–water partition coefficient (Wildman–Crippen LogP) is 1.65. The highest BCUT2D eigenvalue weighted by molar-refractivity contribution is 6.01. The molecule has 2 atom stereocenters. The molecule has 1 aromatic rings. The van der Waals surface area contributed by atoms with Crippen molar-refractivity contribution in [1.29, 1.82) is 0 Å². The monoisotopic (exact) mass is 271 g/mol. The lowest BCUT2D eigenvalue weighted by Crippen LogP contribution is -2.47. The Morgan fingerprint density at radius 3 is 2.90 bits per heavy atom. The van der Waals surface area contributed by atoms with Crippen molar-refractivity contribution in [1.82, 2.24) is 10.2 Å². The topological polar surface area (TPSA) is 36.9 Å². The van der Waals surface area contributed by atoms with Gasteiger partial charge in [-0.2, -0.15) is 0 Å². The molecule has 0 spiro atoms. The number of nitrogens with zero attached hydrogens (tertiary/aromatic N) is 2. The van der Waals surface area contributed by atoms with Gasteiger partial charge >= 0.3 is 0 Å². The number of nitrogens with one attached hydrogen (secondary N) is 1. The van der Waals surface area contributed by atoms with Crippen molar-refractivity contribution < 1.29 is 4.74 Å². The van der Waals surface area contributed by atoms with Crippen LogP contribution in [0.5, 0.6) is 5.75 Å². The lowest BCUT2D eigenvalue weighted by Gasteiger charge is -2.30. The molecule has 0 bridgehead atoms. The summed E-state index contributed by atoms with van der Waals surface area (Å²) in [4.78, 5) is 7.51. The number of amidine groups is 1. The van der Waals surface area contributed by atoms with Crippen LogP contribution in [0.15, 0.2) is 29.3 Å². The minimum atomic E-state index is 0.275. The van der Waals surface area contributed by atoms with Crippen LogP contribution in [0.1, 0.15) is 24.8 Å². The van der Waals surface area contributed by atoms with E-state index in [0.29, 0.717) is 6.04 Å². The summed E-state index contributed by atoms with van der Waals surface area (Å²) in [5.41, 5.74) is 1.17. The molecule has 4 nitrogen and oxygen atoms in total. The molecule has 1 aromatic carbocycles. The lowest BCUT2D eigenvalue weighted by atomic mass is 10.1. The molecule has 20 heavy (non-hydrogen) atoms. The minimum absolute atomic E-state index is 0.275. The molecule has 4 rings (SSSR count). The summed E-state index contributed by atoms with van der Waals surface area (Å²) in [6, 6.07) is 8.72. The Morgan fingerprint density at radius 1 is 1.15 bits per heavy atom. The Hall–Kier alpha value is -1.55. The summed E-state index contributed by atoms with van der Waals surface area (Å²) < 4.78 is 6.25. The standard InChI is InChI=1S/C16H21N3O/c1-2-6-14-12(4-1)16(19-10-8-17-9-11-19)18-13-5-3-7-15(13)20-14/h1-2,4,6,13,15,17H,3,5,7-11H2. The first kappa shape index (κ1) is 12.2. The van der Waals surface area contributed by atoms with E-state index in [1.165, 1.54) is 12.0 Å². The van der Waals surface area contributed by atoms with E-state index in [1.54, 1.807) is 0 Å². The van der Waals surface area contributed by atoms with Crippen LogP contribution in [0, 0.1) is 0 Å². The third-order valence-electron chi connectivity index (χ3n) is 4.53. The number of piperazine rings is 1. The molecule has 0 amide bonds. The van der Waals surface area contributed by atoms with Crippen molar-refractivity contribution in [3.05, 3.63) is 29.8 Å². The van der Waals surface area contributed by atoms with Gasteiger partial charge in [0.05, 0.1) is 11.6 Å². The number of fused-ring (bicyclic) bond motifs is 2. The second-order valence-electron chi connectivity index (χ2n) is 5.84. The Bertz CT molecular complexity index is 522. The molecule has 3 aliphatic rings. The summed E-state index contributed by atoms with van der Waals surface area (Å²) in [7, 11) is 0. The molecule has 2 unspecified atom stereocenters. The molecule has 1 N–H and O–H groups in total. The van der Waals surface area contributed by atoms with Gasteiger partial charge in [-0.3, -0.25) is 4.99 Å². The highest BCUT2D eigenvalue weighted by atomic mass is 16.5. The van der Waals surface area contributed by atoms with E-state index < -0.39 is 0 Å². The number of para-hydroxylation sites is 1. The Kier molecular flexibility index (Phi) is 3.11. The van der Waals surface area contributed by atoms with Gasteiger partial charge in [-0.15, -0.1) is 0 Å². The smallest absolute Gasteiger partial charge is 0.135 e. The number of aliphatic imine (C=N–C) groups is 1. The molecular formula is C16H21N3O. The number of hydrogen-bond donors (Lipinski definition) is 1. The third kappa shape index (κ3) is 2.08. The molecule has 0 aromatic heterocycles. The molecular weight excluding hydrogens is 250 g/mol. The number of rotatable bonds is 0. The quantitative estimate of drug-likeness (QED) is 0.779. The zero-order valence-electron chi connectivity index (χ0n) is 11.7. The molecule has 2 fully saturated rings. The summed E-state index contributed by atoms with van der Waals surface area (Å²) in [6.45, 7) is 4.14. The van der Waals surface area contributed by atoms with Crippen molar-refractivity contribution in [2.24, 2.45) is 4.99 Å². The summed E-state index contributed by atoms with van der Waals surface area (Å²) in [5, 5.41) is 3.41. The van der Waals surface area contributed by atoms with Gasteiger partial charge in [0, 0.05) is 26.2 Å². The van der Waals surface area contributed by atoms with E-state index in [9.17, 15) is 0 Å². The van der Waals surface area contributed by atoms with Gasteiger partial charge in [-0.25, -0.2) is 0 Å². The lowest BCUT2D eigenvalue weighted by molar-refractivity contribution is 0.195. The average molecular weight is 271 g/mol. The van der Waals surface area contributed by atoms with Crippen LogP contribution in [-0.4, -0.2) is 49.1 Å². The van der Waals surface area contributed by atoms with Gasteiger partial charge in [-0.1, -0.05) is 12.1 Å². The highest BCUT2D eigenvalue weighted by Gasteiger charge is 2.34. The Balaban J connectivity index is 1.76. The predicted molar refractivity (Wildman–Crippen MR) is 79.5 cm³/mol. The van der Waals surface area contributed by atoms with E-state index in [0.717, 1.165) is 50.6 Å². The zero-order valence-corrected chi connectivity index (χ0v) is 11.7. The number of ether oxygens (including phenoxy) is 1. The van der Waals surface area contributed by atoms with Gasteiger partial charge in [0.25, 0.3) is 0 Å². The van der Waals surface area contributed by atoms with Crippen LogP contribution >= 0.6 is 0 Å². The first-order valence-electron chi connectivity index (χ1n) is 7.71. The van der Waals surface area contributed by atoms with E-state index in [1.807, 2.05) is 0 Å². The van der Waals surface area contributed by atoms with E-state index >= 15 is 0 Å². The van der Waals surface area contributed by atoms with Crippen molar-refractivity contribution in [3.8, 4) is 5.75 Å². The van der Waals surface area contributed by atoms with Crippen molar-refractivity contribution in [3.63, 3.8) is 0 Å². The van der Waals surface area contributed by atoms with Crippen LogP contribution in [0.3, 0.4) is 0 Å². The van der Waals surface area contributed by atoms with E-state index in [4.69, 9.17) is 9.73 Å². The SMILES string of the molecule is c1ccc2c(c1)OC1CCCC1N=C2N1CCNCC1. The largest absolute Gasteiger partial charge is 0.487 e. The Labute approximate surface area is 119 Å². The Morgan fingerprint density at radius 2 is 2.00 bits per heavy atom. The van der Waals surface area contributed by atoms with Gasteiger partial charge in [0.2, 0.25) is 0 Å². The molecule has 2 aliphatic heterocycles. The molecule has 1 saturated heterocycles. The summed E-state index contributed by atoms with van der Waals surface area (Å²) in [5.74, 6) is 2.16. The van der Waals surface area contributed by atoms with Crippen LogP contribution in [-0.2, 0) is 0 Å². The van der Waals surface area contributed by atoms with Crippen molar-refractivity contribution >= 4 is 5.84 Å². The fourth-order valence-corrected chi connectivity index (χ4v) is 3.46. The second kappa shape index (κ2) is 5.09. The maximum atomic E-state index is 6.25. The first-order chi connectivity index (χ1) is 9.92. The van der Waals surface area contributed by atoms with Crippen molar-refractivity contribution in [2.45, 2.75) is 31.4 Å². The van der Waals surface area contributed by atoms with Crippen LogP contribution < -0.4 is 10.1 Å². The minimum Gasteiger partial charge on any atom is -0.487 e. The second-order valence-corrected chi connectivity index (χ2v) is 5.84. The molecule has 106 valence electrons. The van der Waals surface area contributed by atoms with E-state index in [-0.39, 0.29) is 6.10 Å². The fraction of sp³-hybridized carbons (Fsp3) is 0.562. The zero-order chi connectivity index (χ0) is 13.4. The third-order valence-corrected chi connectivity index (χ3v) is 4.53. The average Bonchev–Trinajstić information content (AvgIpc) is 2.87. The first-order valence-corrected chi connectivity index (χ1v) is 7.71. The van der Waals surface area contributed by atoms with Crippen LogP contribution in [0.2, 0.25) is 0 Å². The number of benzene rings is 1. The van der Waals surface area contributed by atoms with E-state index in [2.05, 4.69) is 34.5 Å². The maximum absolute atomic E-state index is 6.25. The van der Waals surface area contributed by atoms with Gasteiger partial charge in [-0.05, 0) is 31.4 Å². The van der Waals surface area contributed by atoms with Crippen molar-refractivity contribution in [2.75, 3.05) is 26.2 Å². The normalized spacial score (nSPS) is 29.0. The molecule has 1 aliphatic carbocycles.